The van der Waals surface area contributed by atoms with E-state index in [2.05, 4.69) is 11.4 Å². The summed E-state index contributed by atoms with van der Waals surface area (Å²) in [6.45, 7) is 2.03. The number of sulfonamides is 1. The van der Waals surface area contributed by atoms with Gasteiger partial charge in [-0.1, -0.05) is 18.2 Å². The number of non-ortho nitro benzene ring substituents is 1. The fourth-order valence-corrected chi connectivity index (χ4v) is 6.33. The van der Waals surface area contributed by atoms with E-state index in [1.165, 1.54) is 34.0 Å². The maximum Gasteiger partial charge on any atom is 0.270 e. The number of benzene rings is 2. The third-order valence-electron chi connectivity index (χ3n) is 6.48. The highest BCUT2D eigenvalue weighted by Gasteiger charge is 2.34. The normalized spacial score (nSPS) is 17.5. The molecule has 1 heterocycles. The molecule has 0 unspecified atom stereocenters. The van der Waals surface area contributed by atoms with Crippen LogP contribution in [0, 0.1) is 23.0 Å². The number of anilines is 1. The van der Waals surface area contributed by atoms with Gasteiger partial charge in [-0.3, -0.25) is 14.9 Å². The molecule has 0 spiro atoms. The van der Waals surface area contributed by atoms with Crippen molar-refractivity contribution in [1.29, 1.82) is 0 Å². The van der Waals surface area contributed by atoms with Gasteiger partial charge in [0.1, 0.15) is 0 Å². The zero-order chi connectivity index (χ0) is 22.9. The fraction of sp³-hybridized carbons (Fsp3) is 0.435. The molecule has 1 aliphatic heterocycles. The summed E-state index contributed by atoms with van der Waals surface area (Å²) in [6.07, 6.45) is 5.11. The summed E-state index contributed by atoms with van der Waals surface area (Å²) in [5, 5.41) is 14.2. The van der Waals surface area contributed by atoms with Crippen LogP contribution in [0.3, 0.4) is 0 Å². The van der Waals surface area contributed by atoms with Crippen LogP contribution in [0.25, 0.3) is 0 Å². The highest BCUT2D eigenvalue weighted by molar-refractivity contribution is 7.89. The van der Waals surface area contributed by atoms with Crippen molar-refractivity contribution in [2.24, 2.45) is 5.92 Å². The summed E-state index contributed by atoms with van der Waals surface area (Å²) >= 11 is 0. The molecule has 0 saturated carbocycles. The average molecular weight is 458 g/mol. The molecule has 0 atom stereocenters. The Kier molecular flexibility index (Phi) is 6.30. The standard InChI is InChI=1S/C23H27N3O5S/c1-16-9-10-19(26(28)29)15-22(16)32(30,31)25-13-11-18(12-14-25)23(27)24-21-8-4-6-17-5-2-3-7-20(17)21/h4,6,8-10,15,18H,2-3,5,7,11-14H2,1H3,(H,24,27). The highest BCUT2D eigenvalue weighted by Crippen LogP contribution is 2.31. The van der Waals surface area contributed by atoms with Crippen LogP contribution in [-0.2, 0) is 27.7 Å². The molecule has 2 aromatic rings. The van der Waals surface area contributed by atoms with Gasteiger partial charge in [0, 0.05) is 36.8 Å². The molecule has 2 aromatic carbocycles. The zero-order valence-corrected chi connectivity index (χ0v) is 18.9. The van der Waals surface area contributed by atoms with Crippen molar-refractivity contribution in [2.45, 2.75) is 50.3 Å². The van der Waals surface area contributed by atoms with E-state index in [4.69, 9.17) is 0 Å². The molecule has 8 nitrogen and oxygen atoms in total. The van der Waals surface area contributed by atoms with Crippen LogP contribution in [0.15, 0.2) is 41.3 Å². The number of nitro groups is 1. The fourth-order valence-electron chi connectivity index (χ4n) is 4.61. The lowest BCUT2D eigenvalue weighted by molar-refractivity contribution is -0.385. The number of hydrogen-bond acceptors (Lipinski definition) is 5. The van der Waals surface area contributed by atoms with Crippen LogP contribution in [0.4, 0.5) is 11.4 Å². The summed E-state index contributed by atoms with van der Waals surface area (Å²) in [7, 11) is -3.87. The molecule has 32 heavy (non-hydrogen) atoms. The van der Waals surface area contributed by atoms with Gasteiger partial charge < -0.3 is 5.32 Å². The van der Waals surface area contributed by atoms with Crippen LogP contribution in [0.1, 0.15) is 42.4 Å². The Morgan fingerprint density at radius 1 is 1.12 bits per heavy atom. The minimum absolute atomic E-state index is 0.0504. The molecule has 170 valence electrons. The van der Waals surface area contributed by atoms with E-state index in [1.807, 2.05) is 12.1 Å². The molecule has 9 heteroatoms. The summed E-state index contributed by atoms with van der Waals surface area (Å²) in [4.78, 5) is 23.3. The molecule has 1 N–H and O–H groups in total. The lowest BCUT2D eigenvalue weighted by Crippen LogP contribution is -2.41. The van der Waals surface area contributed by atoms with Gasteiger partial charge in [0.05, 0.1) is 9.82 Å². The van der Waals surface area contributed by atoms with E-state index in [1.54, 1.807) is 6.92 Å². The maximum atomic E-state index is 13.1. The first-order valence-corrected chi connectivity index (χ1v) is 12.4. The monoisotopic (exact) mass is 457 g/mol. The minimum atomic E-state index is -3.87. The second kappa shape index (κ2) is 8.99. The van der Waals surface area contributed by atoms with Crippen molar-refractivity contribution in [1.82, 2.24) is 4.31 Å². The molecule has 2 aliphatic rings. The number of piperidine rings is 1. The minimum Gasteiger partial charge on any atom is -0.326 e. The van der Waals surface area contributed by atoms with Crippen molar-refractivity contribution in [2.75, 3.05) is 18.4 Å². The molecule has 0 bridgehead atoms. The molecule has 0 radical (unpaired) electrons. The average Bonchev–Trinajstić information content (AvgIpc) is 2.79. The summed E-state index contributed by atoms with van der Waals surface area (Å²) in [5.41, 5.74) is 3.59. The maximum absolute atomic E-state index is 13.1. The number of nitrogens with one attached hydrogen (secondary N) is 1. The summed E-state index contributed by atoms with van der Waals surface area (Å²) in [6, 6.07) is 9.88. The van der Waals surface area contributed by atoms with Crippen molar-refractivity contribution in [3.8, 4) is 0 Å². The molecule has 1 fully saturated rings. The van der Waals surface area contributed by atoms with Gasteiger partial charge in [-0.25, -0.2) is 8.42 Å². The first-order chi connectivity index (χ1) is 15.3. The molecule has 0 aromatic heterocycles. The molecule has 1 aliphatic carbocycles. The van der Waals surface area contributed by atoms with Gasteiger partial charge in [0.2, 0.25) is 15.9 Å². The third-order valence-corrected chi connectivity index (χ3v) is 8.52. The van der Waals surface area contributed by atoms with Gasteiger partial charge in [-0.05, 0) is 68.2 Å². The predicted molar refractivity (Wildman–Crippen MR) is 121 cm³/mol. The Bertz CT molecular complexity index is 1150. The molecule has 1 amide bonds. The van der Waals surface area contributed by atoms with E-state index in [-0.39, 0.29) is 35.5 Å². The highest BCUT2D eigenvalue weighted by atomic mass is 32.2. The molecular weight excluding hydrogens is 430 g/mol. The Balaban J connectivity index is 1.44. The molecular formula is C23H27N3O5S. The third kappa shape index (κ3) is 4.40. The van der Waals surface area contributed by atoms with Gasteiger partial charge in [-0.15, -0.1) is 0 Å². The number of rotatable bonds is 5. The number of fused-ring (bicyclic) bond motifs is 1. The Morgan fingerprint density at radius 3 is 2.56 bits per heavy atom. The van der Waals surface area contributed by atoms with Crippen molar-refractivity contribution < 1.29 is 18.1 Å². The quantitative estimate of drug-likeness (QED) is 0.542. The van der Waals surface area contributed by atoms with Gasteiger partial charge in [-0.2, -0.15) is 4.31 Å². The van der Waals surface area contributed by atoms with Crippen molar-refractivity contribution in [3.63, 3.8) is 0 Å². The van der Waals surface area contributed by atoms with Gasteiger partial charge in [0.25, 0.3) is 5.69 Å². The number of nitro benzene ring substituents is 1. The van der Waals surface area contributed by atoms with E-state index >= 15 is 0 Å². The zero-order valence-electron chi connectivity index (χ0n) is 18.0. The Labute approximate surface area is 187 Å². The van der Waals surface area contributed by atoms with Crippen LogP contribution < -0.4 is 5.32 Å². The van der Waals surface area contributed by atoms with E-state index in [0.29, 0.717) is 18.4 Å². The van der Waals surface area contributed by atoms with Crippen LogP contribution in [0.5, 0.6) is 0 Å². The Hall–Kier alpha value is -2.78. The SMILES string of the molecule is Cc1ccc([N+](=O)[O-])cc1S(=O)(=O)N1CCC(C(=O)Nc2cccc3c2CCCC3)CC1. The number of amides is 1. The number of carbonyl (C=O) groups excluding carboxylic acids is 1. The van der Waals surface area contributed by atoms with Crippen LogP contribution >= 0.6 is 0 Å². The molecule has 4 rings (SSSR count). The smallest absolute Gasteiger partial charge is 0.270 e. The number of hydrogen-bond donors (Lipinski definition) is 1. The predicted octanol–water partition coefficient (Wildman–Crippen LogP) is 3.82. The lowest BCUT2D eigenvalue weighted by Gasteiger charge is -2.31. The number of carbonyl (C=O) groups is 1. The summed E-state index contributed by atoms with van der Waals surface area (Å²) < 4.78 is 27.6. The van der Waals surface area contributed by atoms with Gasteiger partial charge in [0.15, 0.2) is 0 Å². The van der Waals surface area contributed by atoms with Crippen LogP contribution in [-0.4, -0.2) is 36.6 Å². The van der Waals surface area contributed by atoms with E-state index in [9.17, 15) is 23.3 Å². The topological polar surface area (TPSA) is 110 Å². The van der Waals surface area contributed by atoms with Crippen LogP contribution in [0.2, 0.25) is 0 Å². The molecule has 1 saturated heterocycles. The van der Waals surface area contributed by atoms with Crippen molar-refractivity contribution >= 4 is 27.3 Å². The summed E-state index contributed by atoms with van der Waals surface area (Å²) in [5.74, 6) is -0.348. The number of nitrogens with zero attached hydrogens (tertiary/aromatic N) is 2. The second-order valence-electron chi connectivity index (χ2n) is 8.52. The first-order valence-electron chi connectivity index (χ1n) is 10.9. The van der Waals surface area contributed by atoms with E-state index in [0.717, 1.165) is 31.0 Å². The van der Waals surface area contributed by atoms with Gasteiger partial charge >= 0.3 is 0 Å². The van der Waals surface area contributed by atoms with E-state index < -0.39 is 14.9 Å². The largest absolute Gasteiger partial charge is 0.326 e. The number of aryl methyl sites for hydroxylation is 2. The Morgan fingerprint density at radius 2 is 1.84 bits per heavy atom. The second-order valence-corrected chi connectivity index (χ2v) is 10.4. The first kappa shape index (κ1) is 22.4. The lowest BCUT2D eigenvalue weighted by atomic mass is 9.90. The van der Waals surface area contributed by atoms with Crippen molar-refractivity contribution in [3.05, 3.63) is 63.2 Å².